The molecule has 3 aromatic rings. The van der Waals surface area contributed by atoms with Crippen molar-refractivity contribution in [3.63, 3.8) is 0 Å². The van der Waals surface area contributed by atoms with E-state index in [-0.39, 0.29) is 5.78 Å². The third kappa shape index (κ3) is 3.12. The molecule has 142 valence electrons. The fraction of sp³-hybridized carbons (Fsp3) is 0.227. The van der Waals surface area contributed by atoms with Crippen molar-refractivity contribution in [2.45, 2.75) is 19.4 Å². The van der Waals surface area contributed by atoms with Crippen LogP contribution >= 0.6 is 11.6 Å². The highest BCUT2D eigenvalue weighted by Gasteiger charge is 2.49. The van der Waals surface area contributed by atoms with Crippen LogP contribution in [-0.4, -0.2) is 33.9 Å². The lowest BCUT2D eigenvalue weighted by atomic mass is 9.90. The second kappa shape index (κ2) is 7.24. The largest absolute Gasteiger partial charge is 0.361 e. The summed E-state index contributed by atoms with van der Waals surface area (Å²) in [6.07, 6.45) is 2.50. The number of hydrogen-bond acceptors (Lipinski definition) is 3. The minimum Gasteiger partial charge on any atom is -0.361 e. The van der Waals surface area contributed by atoms with Crippen LogP contribution in [0, 0.1) is 5.92 Å². The molecule has 0 aliphatic carbocycles. The lowest BCUT2D eigenvalue weighted by molar-refractivity contribution is -0.142. The first-order valence-electron chi connectivity index (χ1n) is 9.13. The van der Waals surface area contributed by atoms with Crippen molar-refractivity contribution in [3.05, 3.63) is 70.9 Å². The molecule has 1 fully saturated rings. The van der Waals surface area contributed by atoms with Gasteiger partial charge in [0.25, 0.3) is 5.91 Å². The second-order valence-corrected chi connectivity index (χ2v) is 7.49. The third-order valence-corrected chi connectivity index (χ3v) is 5.60. The van der Waals surface area contributed by atoms with Crippen molar-refractivity contribution in [2.24, 2.45) is 5.92 Å². The lowest BCUT2D eigenvalue weighted by Crippen LogP contribution is -2.32. The molecule has 0 spiro atoms. The number of carbonyl (C=O) groups excluding carboxylic acids is 3. The summed E-state index contributed by atoms with van der Waals surface area (Å²) in [7, 11) is 0. The van der Waals surface area contributed by atoms with Gasteiger partial charge < -0.3 is 9.88 Å². The molecule has 1 aliphatic rings. The average molecular weight is 395 g/mol. The summed E-state index contributed by atoms with van der Waals surface area (Å²) in [6.45, 7) is 1.71. The molecule has 5 nitrogen and oxygen atoms in total. The standard InChI is InChI=1S/C22H19ClN2O3/c1-13(26)19-20(14-6-8-16(23)9-7-14)25(22(28)21(19)27)11-10-15-12-24-18-5-3-2-4-17(15)18/h2-9,12,19-20,24H,10-11H2,1H3. The van der Waals surface area contributed by atoms with E-state index in [0.29, 0.717) is 18.0 Å². The first-order valence-corrected chi connectivity index (χ1v) is 9.51. The Hall–Kier alpha value is -2.92. The predicted octanol–water partition coefficient (Wildman–Crippen LogP) is 3.72. The van der Waals surface area contributed by atoms with Gasteiger partial charge in [0.15, 0.2) is 0 Å². The van der Waals surface area contributed by atoms with Crippen LogP contribution in [-0.2, 0) is 20.8 Å². The zero-order valence-electron chi connectivity index (χ0n) is 15.3. The minimum atomic E-state index is -0.975. The average Bonchev–Trinajstić information content (AvgIpc) is 3.20. The molecule has 4 rings (SSSR count). The maximum Gasteiger partial charge on any atom is 0.291 e. The van der Waals surface area contributed by atoms with E-state index in [2.05, 4.69) is 4.98 Å². The Balaban J connectivity index is 1.66. The Morgan fingerprint density at radius 1 is 1.11 bits per heavy atom. The summed E-state index contributed by atoms with van der Waals surface area (Å²) in [5.74, 6) is -2.50. The van der Waals surface area contributed by atoms with Crippen LogP contribution in [0.15, 0.2) is 54.7 Å². The molecule has 1 saturated heterocycles. The topological polar surface area (TPSA) is 70.2 Å². The number of nitrogens with zero attached hydrogens (tertiary/aromatic N) is 1. The molecule has 2 heterocycles. The number of ketones is 2. The fourth-order valence-corrected chi connectivity index (χ4v) is 4.11. The highest BCUT2D eigenvalue weighted by molar-refractivity contribution is 6.42. The maximum absolute atomic E-state index is 12.7. The van der Waals surface area contributed by atoms with E-state index < -0.39 is 23.7 Å². The Morgan fingerprint density at radius 2 is 1.82 bits per heavy atom. The molecule has 6 heteroatoms. The van der Waals surface area contributed by atoms with Gasteiger partial charge in [0.1, 0.15) is 11.7 Å². The Kier molecular flexibility index (Phi) is 4.77. The van der Waals surface area contributed by atoms with Gasteiger partial charge in [-0.25, -0.2) is 0 Å². The zero-order valence-corrected chi connectivity index (χ0v) is 16.1. The summed E-state index contributed by atoms with van der Waals surface area (Å²) in [6, 6.07) is 14.3. The van der Waals surface area contributed by atoms with E-state index in [0.717, 1.165) is 22.0 Å². The molecule has 28 heavy (non-hydrogen) atoms. The summed E-state index contributed by atoms with van der Waals surface area (Å²) >= 11 is 5.98. The number of benzene rings is 2. The van der Waals surface area contributed by atoms with E-state index in [1.807, 2.05) is 30.5 Å². The smallest absolute Gasteiger partial charge is 0.291 e. The van der Waals surface area contributed by atoms with Gasteiger partial charge >= 0.3 is 0 Å². The number of hydrogen-bond donors (Lipinski definition) is 1. The summed E-state index contributed by atoms with van der Waals surface area (Å²) in [5.41, 5.74) is 2.83. The number of Topliss-reactive ketones (excluding diaryl/α,β-unsaturated/α-hetero) is 2. The van der Waals surface area contributed by atoms with E-state index in [4.69, 9.17) is 11.6 Å². The van der Waals surface area contributed by atoms with Gasteiger partial charge in [-0.2, -0.15) is 0 Å². The van der Waals surface area contributed by atoms with Crippen LogP contribution in [0.25, 0.3) is 10.9 Å². The van der Waals surface area contributed by atoms with Crippen molar-refractivity contribution >= 4 is 40.0 Å². The van der Waals surface area contributed by atoms with Gasteiger partial charge in [-0.3, -0.25) is 14.4 Å². The van der Waals surface area contributed by atoms with Gasteiger partial charge in [0.2, 0.25) is 5.78 Å². The molecule has 1 aromatic heterocycles. The molecule has 2 aromatic carbocycles. The number of fused-ring (bicyclic) bond motifs is 1. The van der Waals surface area contributed by atoms with Crippen molar-refractivity contribution < 1.29 is 14.4 Å². The molecule has 1 aliphatic heterocycles. The molecule has 1 N–H and O–H groups in total. The quantitative estimate of drug-likeness (QED) is 0.529. The van der Waals surface area contributed by atoms with Crippen molar-refractivity contribution in [2.75, 3.05) is 6.54 Å². The van der Waals surface area contributed by atoms with Gasteiger partial charge in [0, 0.05) is 28.7 Å². The molecule has 2 unspecified atom stereocenters. The molecule has 0 bridgehead atoms. The zero-order chi connectivity index (χ0) is 19.8. The van der Waals surface area contributed by atoms with Crippen LogP contribution in [0.2, 0.25) is 5.02 Å². The highest BCUT2D eigenvalue weighted by Crippen LogP contribution is 2.37. The van der Waals surface area contributed by atoms with Gasteiger partial charge in [-0.05, 0) is 42.7 Å². The number of aromatic nitrogens is 1. The number of carbonyl (C=O) groups is 3. The number of amides is 1. The summed E-state index contributed by atoms with van der Waals surface area (Å²) in [4.78, 5) is 42.1. The monoisotopic (exact) mass is 394 g/mol. The molecule has 0 saturated carbocycles. The fourth-order valence-electron chi connectivity index (χ4n) is 3.98. The van der Waals surface area contributed by atoms with E-state index >= 15 is 0 Å². The molecular formula is C22H19ClN2O3. The Labute approximate surface area is 167 Å². The summed E-state index contributed by atoms with van der Waals surface area (Å²) in [5, 5.41) is 1.65. The van der Waals surface area contributed by atoms with Gasteiger partial charge in [0.05, 0.1) is 6.04 Å². The molecule has 0 radical (unpaired) electrons. The van der Waals surface area contributed by atoms with Crippen LogP contribution < -0.4 is 0 Å². The third-order valence-electron chi connectivity index (χ3n) is 5.35. The molecule has 2 atom stereocenters. The number of likely N-dealkylation sites (tertiary alicyclic amines) is 1. The first kappa shape index (κ1) is 18.4. The number of aromatic amines is 1. The Morgan fingerprint density at radius 3 is 2.54 bits per heavy atom. The number of para-hydroxylation sites is 1. The van der Waals surface area contributed by atoms with Crippen molar-refractivity contribution in [1.82, 2.24) is 9.88 Å². The normalized spacial score (nSPS) is 19.6. The van der Waals surface area contributed by atoms with Crippen LogP contribution in [0.4, 0.5) is 0 Å². The number of halogens is 1. The lowest BCUT2D eigenvalue weighted by Gasteiger charge is -2.26. The summed E-state index contributed by atoms with van der Waals surface area (Å²) < 4.78 is 0. The molecule has 1 amide bonds. The maximum atomic E-state index is 12.7. The number of rotatable bonds is 5. The van der Waals surface area contributed by atoms with Crippen LogP contribution in [0.3, 0.4) is 0 Å². The van der Waals surface area contributed by atoms with Gasteiger partial charge in [-0.15, -0.1) is 0 Å². The first-order chi connectivity index (χ1) is 13.5. The number of H-pyrrole nitrogens is 1. The van der Waals surface area contributed by atoms with Crippen molar-refractivity contribution in [1.29, 1.82) is 0 Å². The van der Waals surface area contributed by atoms with E-state index in [9.17, 15) is 14.4 Å². The minimum absolute atomic E-state index is 0.298. The van der Waals surface area contributed by atoms with Gasteiger partial charge in [-0.1, -0.05) is 41.9 Å². The van der Waals surface area contributed by atoms with Crippen LogP contribution in [0.1, 0.15) is 24.1 Å². The molecular weight excluding hydrogens is 376 g/mol. The SMILES string of the molecule is CC(=O)C1C(=O)C(=O)N(CCc2c[nH]c3ccccc23)C1c1ccc(Cl)cc1. The van der Waals surface area contributed by atoms with Crippen molar-refractivity contribution in [3.8, 4) is 0 Å². The predicted molar refractivity (Wildman–Crippen MR) is 107 cm³/mol. The van der Waals surface area contributed by atoms with Crippen LogP contribution in [0.5, 0.6) is 0 Å². The second-order valence-electron chi connectivity index (χ2n) is 7.06. The Bertz CT molecular complexity index is 1070. The van der Waals surface area contributed by atoms with E-state index in [1.54, 1.807) is 24.3 Å². The number of nitrogens with one attached hydrogen (secondary N) is 1. The highest BCUT2D eigenvalue weighted by atomic mass is 35.5. The van der Waals surface area contributed by atoms with E-state index in [1.165, 1.54) is 11.8 Å².